The quantitative estimate of drug-likeness (QED) is 0.849. The van der Waals surface area contributed by atoms with Crippen molar-refractivity contribution in [1.29, 1.82) is 0 Å². The molecular formula is C12H21N3O3S. The fourth-order valence-corrected chi connectivity index (χ4v) is 2.85. The fourth-order valence-electron chi connectivity index (χ4n) is 2.37. The van der Waals surface area contributed by atoms with Crippen LogP contribution in [0, 0.1) is 0 Å². The third-order valence-corrected chi connectivity index (χ3v) is 5.36. The van der Waals surface area contributed by atoms with Crippen LogP contribution < -0.4 is 5.73 Å². The van der Waals surface area contributed by atoms with Crippen LogP contribution in [0.15, 0.2) is 4.52 Å². The molecule has 1 fully saturated rings. The predicted molar refractivity (Wildman–Crippen MR) is 71.1 cm³/mol. The normalized spacial score (nSPS) is 21.8. The number of nitrogens with two attached hydrogens (primary N) is 1. The van der Waals surface area contributed by atoms with E-state index in [1.807, 2.05) is 0 Å². The predicted octanol–water partition coefficient (Wildman–Crippen LogP) is 1.68. The van der Waals surface area contributed by atoms with Gasteiger partial charge in [0.15, 0.2) is 15.7 Å². The molecule has 0 aliphatic heterocycles. The van der Waals surface area contributed by atoms with Gasteiger partial charge in [-0.1, -0.05) is 30.8 Å². The first-order valence-electron chi connectivity index (χ1n) is 6.65. The van der Waals surface area contributed by atoms with Crippen molar-refractivity contribution < 1.29 is 12.9 Å². The van der Waals surface area contributed by atoms with Crippen LogP contribution >= 0.6 is 0 Å². The van der Waals surface area contributed by atoms with Crippen LogP contribution in [0.5, 0.6) is 0 Å². The molecule has 108 valence electrons. The van der Waals surface area contributed by atoms with Crippen molar-refractivity contribution in [2.75, 3.05) is 6.26 Å². The highest BCUT2D eigenvalue weighted by molar-refractivity contribution is 7.90. The Hall–Kier alpha value is -0.950. The second kappa shape index (κ2) is 5.20. The molecule has 1 aliphatic rings. The third-order valence-electron chi connectivity index (χ3n) is 3.87. The number of sulfone groups is 1. The SMILES string of the molecule is CC(c1noc(C2(N)CCCCCC2)n1)S(C)(=O)=O. The molecule has 0 bridgehead atoms. The van der Waals surface area contributed by atoms with Gasteiger partial charge >= 0.3 is 0 Å². The minimum atomic E-state index is -3.23. The summed E-state index contributed by atoms with van der Waals surface area (Å²) >= 11 is 0. The van der Waals surface area contributed by atoms with Crippen LogP contribution in [0.3, 0.4) is 0 Å². The van der Waals surface area contributed by atoms with Crippen molar-refractivity contribution in [2.24, 2.45) is 5.73 Å². The topological polar surface area (TPSA) is 99.1 Å². The minimum Gasteiger partial charge on any atom is -0.337 e. The summed E-state index contributed by atoms with van der Waals surface area (Å²) in [6, 6.07) is 0. The van der Waals surface area contributed by atoms with E-state index in [4.69, 9.17) is 10.3 Å². The average molecular weight is 287 g/mol. The van der Waals surface area contributed by atoms with Gasteiger partial charge in [-0.3, -0.25) is 0 Å². The minimum absolute atomic E-state index is 0.201. The zero-order chi connectivity index (χ0) is 14.1. The van der Waals surface area contributed by atoms with Crippen molar-refractivity contribution in [3.8, 4) is 0 Å². The Bertz CT molecular complexity index is 530. The molecular weight excluding hydrogens is 266 g/mol. The smallest absolute Gasteiger partial charge is 0.246 e. The Morgan fingerprint density at radius 3 is 2.37 bits per heavy atom. The summed E-state index contributed by atoms with van der Waals surface area (Å²) in [6.07, 6.45) is 7.19. The lowest BCUT2D eigenvalue weighted by Crippen LogP contribution is -2.36. The van der Waals surface area contributed by atoms with Crippen molar-refractivity contribution in [1.82, 2.24) is 10.1 Å². The third kappa shape index (κ3) is 3.14. The maximum absolute atomic E-state index is 11.5. The van der Waals surface area contributed by atoms with Gasteiger partial charge in [0.1, 0.15) is 5.25 Å². The van der Waals surface area contributed by atoms with Gasteiger partial charge in [0.05, 0.1) is 5.54 Å². The molecule has 1 heterocycles. The van der Waals surface area contributed by atoms with E-state index < -0.39 is 20.6 Å². The van der Waals surface area contributed by atoms with Crippen molar-refractivity contribution in [2.45, 2.75) is 56.2 Å². The summed E-state index contributed by atoms with van der Waals surface area (Å²) in [6.45, 7) is 1.56. The van der Waals surface area contributed by atoms with E-state index in [1.54, 1.807) is 6.92 Å². The van der Waals surface area contributed by atoms with E-state index in [-0.39, 0.29) is 5.82 Å². The van der Waals surface area contributed by atoms with Gasteiger partial charge in [0, 0.05) is 6.26 Å². The summed E-state index contributed by atoms with van der Waals surface area (Å²) in [5, 5.41) is 3.02. The highest BCUT2D eigenvalue weighted by atomic mass is 32.2. The van der Waals surface area contributed by atoms with Crippen LogP contribution in [0.1, 0.15) is 62.4 Å². The second-order valence-electron chi connectivity index (χ2n) is 5.50. The Labute approximate surface area is 113 Å². The maximum atomic E-state index is 11.5. The molecule has 0 amide bonds. The first kappa shape index (κ1) is 14.5. The highest BCUT2D eigenvalue weighted by Gasteiger charge is 2.35. The molecule has 0 aromatic carbocycles. The largest absolute Gasteiger partial charge is 0.337 e. The van der Waals surface area contributed by atoms with E-state index in [2.05, 4.69) is 10.1 Å². The summed E-state index contributed by atoms with van der Waals surface area (Å²) in [4.78, 5) is 4.23. The first-order chi connectivity index (χ1) is 8.83. The van der Waals surface area contributed by atoms with E-state index in [0.29, 0.717) is 5.89 Å². The van der Waals surface area contributed by atoms with Gasteiger partial charge in [-0.2, -0.15) is 4.98 Å². The molecule has 2 N–H and O–H groups in total. The lowest BCUT2D eigenvalue weighted by molar-refractivity contribution is 0.256. The maximum Gasteiger partial charge on any atom is 0.246 e. The van der Waals surface area contributed by atoms with Gasteiger partial charge in [-0.15, -0.1) is 0 Å². The molecule has 1 aliphatic carbocycles. The van der Waals surface area contributed by atoms with Gasteiger partial charge in [0.25, 0.3) is 0 Å². The Morgan fingerprint density at radius 1 is 1.26 bits per heavy atom. The standard InChI is InChI=1S/C12H21N3O3S/c1-9(19(2,16)17)10-14-11(18-15-10)12(13)7-5-3-4-6-8-12/h9H,3-8,13H2,1-2H3. The van der Waals surface area contributed by atoms with Crippen LogP contribution in [-0.2, 0) is 15.4 Å². The molecule has 2 rings (SSSR count). The summed E-state index contributed by atoms with van der Waals surface area (Å²) in [5.41, 5.74) is 5.76. The van der Waals surface area contributed by atoms with Crippen molar-refractivity contribution in [3.63, 3.8) is 0 Å². The Kier molecular flexibility index (Phi) is 3.96. The lowest BCUT2D eigenvalue weighted by atomic mass is 9.91. The van der Waals surface area contributed by atoms with Gasteiger partial charge in [-0.05, 0) is 19.8 Å². The molecule has 7 heteroatoms. The number of hydrogen-bond acceptors (Lipinski definition) is 6. The van der Waals surface area contributed by atoms with Crippen molar-refractivity contribution >= 4 is 9.84 Å². The molecule has 1 aromatic rings. The van der Waals surface area contributed by atoms with E-state index in [0.717, 1.165) is 31.9 Å². The number of rotatable bonds is 3. The number of nitrogens with zero attached hydrogens (tertiary/aromatic N) is 2. The molecule has 0 spiro atoms. The zero-order valence-electron chi connectivity index (χ0n) is 11.4. The monoisotopic (exact) mass is 287 g/mol. The van der Waals surface area contributed by atoms with E-state index in [1.165, 1.54) is 12.8 Å². The van der Waals surface area contributed by atoms with Crippen LogP contribution in [0.25, 0.3) is 0 Å². The Balaban J connectivity index is 2.25. The molecule has 0 saturated heterocycles. The number of aromatic nitrogens is 2. The molecule has 19 heavy (non-hydrogen) atoms. The van der Waals surface area contributed by atoms with Gasteiger partial charge in [0.2, 0.25) is 5.89 Å². The van der Waals surface area contributed by atoms with Gasteiger partial charge < -0.3 is 10.3 Å². The highest BCUT2D eigenvalue weighted by Crippen LogP contribution is 2.33. The van der Waals surface area contributed by atoms with Crippen molar-refractivity contribution in [3.05, 3.63) is 11.7 Å². The van der Waals surface area contributed by atoms with E-state index in [9.17, 15) is 8.42 Å². The van der Waals surface area contributed by atoms with Gasteiger partial charge in [-0.25, -0.2) is 8.42 Å². The lowest BCUT2D eigenvalue weighted by Gasteiger charge is -2.22. The summed E-state index contributed by atoms with van der Waals surface area (Å²) in [5.74, 6) is 0.575. The summed E-state index contributed by atoms with van der Waals surface area (Å²) < 4.78 is 28.2. The first-order valence-corrected chi connectivity index (χ1v) is 8.60. The molecule has 1 unspecified atom stereocenters. The average Bonchev–Trinajstić information content (AvgIpc) is 2.72. The molecule has 1 saturated carbocycles. The fraction of sp³-hybridized carbons (Fsp3) is 0.833. The second-order valence-corrected chi connectivity index (χ2v) is 7.87. The number of hydrogen-bond donors (Lipinski definition) is 1. The molecule has 1 aromatic heterocycles. The van der Waals surface area contributed by atoms with Crippen LogP contribution in [-0.4, -0.2) is 24.8 Å². The molecule has 0 radical (unpaired) electrons. The molecule has 6 nitrogen and oxygen atoms in total. The zero-order valence-corrected chi connectivity index (χ0v) is 12.2. The molecule has 1 atom stereocenters. The van der Waals surface area contributed by atoms with Crippen LogP contribution in [0.2, 0.25) is 0 Å². The van der Waals surface area contributed by atoms with E-state index >= 15 is 0 Å². The summed E-state index contributed by atoms with van der Waals surface area (Å²) in [7, 11) is -3.23. The van der Waals surface area contributed by atoms with Crippen LogP contribution in [0.4, 0.5) is 0 Å². The Morgan fingerprint density at radius 2 is 1.84 bits per heavy atom.